The lowest BCUT2D eigenvalue weighted by Gasteiger charge is -2.17. The van der Waals surface area contributed by atoms with E-state index >= 15 is 0 Å². The van der Waals surface area contributed by atoms with Gasteiger partial charge in [-0.3, -0.25) is 0 Å². The Labute approximate surface area is 273 Å². The van der Waals surface area contributed by atoms with E-state index in [1.165, 1.54) is 0 Å². The smallest absolute Gasteiger partial charge is 0.218 e. The molecule has 5 rings (SSSR count). The minimum Gasteiger partial charge on any atom is -0.496 e. The third-order valence-electron chi connectivity index (χ3n) is 7.64. The Morgan fingerprint density at radius 3 is 2.09 bits per heavy atom. The Hall–Kier alpha value is -4.19. The van der Waals surface area contributed by atoms with Gasteiger partial charge in [0, 0.05) is 60.4 Å². The van der Waals surface area contributed by atoms with Crippen LogP contribution < -0.4 is 24.8 Å². The van der Waals surface area contributed by atoms with Crippen LogP contribution in [0.4, 0.5) is 0 Å². The highest BCUT2D eigenvalue weighted by atomic mass is 35.5. The molecule has 46 heavy (non-hydrogen) atoms. The molecule has 2 atom stereocenters. The maximum absolute atomic E-state index is 9.66. The quantitative estimate of drug-likeness (QED) is 0.126. The molecule has 0 bridgehead atoms. The summed E-state index contributed by atoms with van der Waals surface area (Å²) in [4.78, 5) is 4.76. The average Bonchev–Trinajstić information content (AvgIpc) is 3.49. The van der Waals surface area contributed by atoms with E-state index in [4.69, 9.17) is 35.9 Å². The van der Waals surface area contributed by atoms with Crippen LogP contribution in [0.2, 0.25) is 5.02 Å². The van der Waals surface area contributed by atoms with Crippen molar-refractivity contribution in [2.75, 3.05) is 34.4 Å². The normalized spacial score (nSPS) is 12.7. The predicted molar refractivity (Wildman–Crippen MR) is 181 cm³/mol. The van der Waals surface area contributed by atoms with E-state index in [2.05, 4.69) is 10.6 Å². The first-order valence-corrected chi connectivity index (χ1v) is 15.5. The summed E-state index contributed by atoms with van der Waals surface area (Å²) in [5.74, 6) is 1.79. The van der Waals surface area contributed by atoms with Crippen LogP contribution >= 0.6 is 11.6 Å². The van der Waals surface area contributed by atoms with Gasteiger partial charge in [0.1, 0.15) is 11.5 Å². The number of nitrogens with zero attached hydrogens (tertiary/aromatic N) is 3. The van der Waals surface area contributed by atoms with Crippen molar-refractivity contribution in [3.8, 4) is 45.5 Å². The molecule has 0 aliphatic rings. The SMILES string of the molecule is COc1cc(-n2ncc3c(-c4cccc(-c5ccc(CNC[C@@H](C)O)c(OC)n5)c4Cl)cccc32)cc(OC)c1CNC[C@@H](C)O. The second kappa shape index (κ2) is 14.9. The van der Waals surface area contributed by atoms with Gasteiger partial charge >= 0.3 is 0 Å². The minimum absolute atomic E-state index is 0.446. The third-order valence-corrected chi connectivity index (χ3v) is 8.05. The fourth-order valence-electron chi connectivity index (χ4n) is 5.45. The number of pyridine rings is 1. The summed E-state index contributed by atoms with van der Waals surface area (Å²) in [6.07, 6.45) is 0.919. The predicted octanol–water partition coefficient (Wildman–Crippen LogP) is 5.37. The number of aromatic nitrogens is 3. The molecule has 0 saturated carbocycles. The highest BCUT2D eigenvalue weighted by molar-refractivity contribution is 6.36. The summed E-state index contributed by atoms with van der Waals surface area (Å²) in [6, 6.07) is 19.7. The number of nitrogens with one attached hydrogen (secondary N) is 2. The van der Waals surface area contributed by atoms with Crippen LogP contribution in [0.3, 0.4) is 0 Å². The lowest BCUT2D eigenvalue weighted by atomic mass is 9.98. The zero-order valence-electron chi connectivity index (χ0n) is 26.7. The van der Waals surface area contributed by atoms with Crippen molar-refractivity contribution in [3.05, 3.63) is 83.0 Å². The molecule has 242 valence electrons. The fraction of sp³-hybridized carbons (Fsp3) is 0.314. The van der Waals surface area contributed by atoms with Crippen LogP contribution in [-0.4, -0.2) is 71.6 Å². The van der Waals surface area contributed by atoms with Gasteiger partial charge in [-0.05, 0) is 31.5 Å². The summed E-state index contributed by atoms with van der Waals surface area (Å²) in [5.41, 5.74) is 6.64. The van der Waals surface area contributed by atoms with E-state index in [1.807, 2.05) is 71.5 Å². The minimum atomic E-state index is -0.468. The Bertz CT molecular complexity index is 1780. The molecule has 3 aromatic carbocycles. The van der Waals surface area contributed by atoms with Crippen molar-refractivity contribution in [2.45, 2.75) is 39.1 Å². The van der Waals surface area contributed by atoms with Crippen LogP contribution in [0.25, 0.3) is 39.0 Å². The number of ether oxygens (including phenoxy) is 3. The van der Waals surface area contributed by atoms with Crippen LogP contribution in [0.5, 0.6) is 17.4 Å². The molecule has 2 heterocycles. The van der Waals surface area contributed by atoms with Crippen molar-refractivity contribution < 1.29 is 24.4 Å². The molecule has 5 aromatic rings. The van der Waals surface area contributed by atoms with Crippen molar-refractivity contribution >= 4 is 22.5 Å². The fourth-order valence-corrected chi connectivity index (χ4v) is 5.77. The molecule has 0 unspecified atom stereocenters. The third kappa shape index (κ3) is 7.11. The Kier molecular flexibility index (Phi) is 10.8. The molecule has 0 amide bonds. The van der Waals surface area contributed by atoms with Gasteiger partial charge in [-0.25, -0.2) is 9.67 Å². The zero-order valence-corrected chi connectivity index (χ0v) is 27.4. The number of halogens is 1. The first kappa shape index (κ1) is 33.2. The van der Waals surface area contributed by atoms with Gasteiger partial charge in [0.15, 0.2) is 0 Å². The van der Waals surface area contributed by atoms with Crippen molar-refractivity contribution in [1.82, 2.24) is 25.4 Å². The van der Waals surface area contributed by atoms with Gasteiger partial charge in [-0.2, -0.15) is 5.10 Å². The van der Waals surface area contributed by atoms with Crippen LogP contribution in [0.1, 0.15) is 25.0 Å². The number of hydrogen-bond acceptors (Lipinski definition) is 9. The summed E-state index contributed by atoms with van der Waals surface area (Å²) < 4.78 is 18.9. The average molecular weight is 646 g/mol. The molecule has 0 aliphatic carbocycles. The van der Waals surface area contributed by atoms with E-state index < -0.39 is 12.2 Å². The molecule has 4 N–H and O–H groups in total. The van der Waals surface area contributed by atoms with Gasteiger partial charge < -0.3 is 35.1 Å². The summed E-state index contributed by atoms with van der Waals surface area (Å²) >= 11 is 7.11. The van der Waals surface area contributed by atoms with Gasteiger partial charge in [0.05, 0.1) is 67.2 Å². The number of aliphatic hydroxyl groups excluding tert-OH is 2. The van der Waals surface area contributed by atoms with Crippen molar-refractivity contribution in [1.29, 1.82) is 0 Å². The number of methoxy groups -OCH3 is 3. The highest BCUT2D eigenvalue weighted by Gasteiger charge is 2.19. The molecule has 2 aromatic heterocycles. The molecule has 0 spiro atoms. The number of hydrogen-bond donors (Lipinski definition) is 4. The number of benzene rings is 3. The maximum atomic E-state index is 9.66. The van der Waals surface area contributed by atoms with Crippen LogP contribution in [0, 0.1) is 0 Å². The highest BCUT2D eigenvalue weighted by Crippen LogP contribution is 2.40. The van der Waals surface area contributed by atoms with E-state index in [0.29, 0.717) is 54.3 Å². The van der Waals surface area contributed by atoms with E-state index in [9.17, 15) is 10.2 Å². The van der Waals surface area contributed by atoms with E-state index in [-0.39, 0.29) is 0 Å². The molecular weight excluding hydrogens is 606 g/mol. The lowest BCUT2D eigenvalue weighted by Crippen LogP contribution is -2.24. The van der Waals surface area contributed by atoms with Crippen LogP contribution in [0.15, 0.2) is 66.9 Å². The van der Waals surface area contributed by atoms with Crippen molar-refractivity contribution in [2.24, 2.45) is 0 Å². The standard InChI is InChI=1S/C35H40ClN5O5/c1-21(42)16-37-18-23-12-13-30(40-35(23)46-5)27-10-6-9-26(34(27)36)25-8-7-11-31-28(25)20-39-41(31)24-14-32(44-3)29(33(15-24)45-4)19-38-17-22(2)43/h6-15,20-22,37-38,42-43H,16-19H2,1-5H3/t21-,22-/m1/s1. The number of fused-ring (bicyclic) bond motifs is 1. The van der Waals surface area contributed by atoms with E-state index in [0.717, 1.165) is 44.4 Å². The second-order valence-corrected chi connectivity index (χ2v) is 11.5. The molecule has 0 radical (unpaired) electrons. The topological polar surface area (TPSA) is 123 Å². The van der Waals surface area contributed by atoms with E-state index in [1.54, 1.807) is 35.2 Å². The molecule has 0 aliphatic heterocycles. The largest absolute Gasteiger partial charge is 0.496 e. The molecule has 0 fully saturated rings. The van der Waals surface area contributed by atoms with Crippen LogP contribution in [-0.2, 0) is 13.1 Å². The van der Waals surface area contributed by atoms with Crippen molar-refractivity contribution in [3.63, 3.8) is 0 Å². The first-order chi connectivity index (χ1) is 22.2. The number of aliphatic hydroxyl groups is 2. The number of rotatable bonds is 14. The summed E-state index contributed by atoms with van der Waals surface area (Å²) in [6.45, 7) is 5.37. The molecule has 0 saturated heterocycles. The Morgan fingerprint density at radius 1 is 0.804 bits per heavy atom. The second-order valence-electron chi connectivity index (χ2n) is 11.1. The lowest BCUT2D eigenvalue weighted by molar-refractivity contribution is 0.190. The van der Waals surface area contributed by atoms with Gasteiger partial charge in [0.2, 0.25) is 5.88 Å². The molecule has 10 nitrogen and oxygen atoms in total. The molecular formula is C35H40ClN5O5. The summed E-state index contributed by atoms with van der Waals surface area (Å²) in [7, 11) is 4.84. The maximum Gasteiger partial charge on any atom is 0.218 e. The Morgan fingerprint density at radius 2 is 1.43 bits per heavy atom. The van der Waals surface area contributed by atoms with Gasteiger partial charge in [-0.1, -0.05) is 48.0 Å². The Balaban J connectivity index is 1.51. The molecule has 11 heteroatoms. The van der Waals surface area contributed by atoms with Gasteiger partial charge in [-0.15, -0.1) is 0 Å². The van der Waals surface area contributed by atoms with Gasteiger partial charge in [0.25, 0.3) is 0 Å². The zero-order chi connectivity index (χ0) is 32.8. The first-order valence-electron chi connectivity index (χ1n) is 15.1. The summed E-state index contributed by atoms with van der Waals surface area (Å²) in [5, 5.41) is 31.9. The monoisotopic (exact) mass is 645 g/mol.